The van der Waals surface area contributed by atoms with Crippen molar-refractivity contribution in [2.75, 3.05) is 19.6 Å². The Balaban J connectivity index is 1.38. The SMILES string of the molecule is O=C1C=C(C2CCNCC2)N2NC3NCC(c4ccccc4)CC3C2N1. The van der Waals surface area contributed by atoms with Crippen LogP contribution in [0, 0.1) is 11.8 Å². The standard InChI is InChI=1S/C20H27N5O/c26-18-11-17(14-6-8-21-9-7-14)25-20(23-18)16-10-15(12-22-19(16)24-25)13-4-2-1-3-5-13/h1-5,11,14-16,19-22,24H,6-10,12H2,(H,23,26). The van der Waals surface area contributed by atoms with Crippen LogP contribution in [0.25, 0.3) is 0 Å². The number of hydrogen-bond acceptors (Lipinski definition) is 5. The maximum Gasteiger partial charge on any atom is 0.247 e. The molecule has 6 heteroatoms. The van der Waals surface area contributed by atoms with Crippen LogP contribution < -0.4 is 21.4 Å². The van der Waals surface area contributed by atoms with Crippen molar-refractivity contribution >= 4 is 5.91 Å². The number of allylic oxidation sites excluding steroid dienone is 1. The van der Waals surface area contributed by atoms with Gasteiger partial charge >= 0.3 is 0 Å². The molecule has 0 aromatic heterocycles. The number of fused-ring (bicyclic) bond motifs is 3. The van der Waals surface area contributed by atoms with Crippen molar-refractivity contribution in [1.29, 1.82) is 0 Å². The van der Waals surface area contributed by atoms with Crippen LogP contribution in [-0.4, -0.2) is 42.9 Å². The number of piperidine rings is 2. The third-order valence-electron chi connectivity index (χ3n) is 6.41. The number of carbonyl (C=O) groups is 1. The highest BCUT2D eigenvalue weighted by atomic mass is 16.2. The molecule has 0 saturated carbocycles. The normalized spacial score (nSPS) is 34.7. The highest BCUT2D eigenvalue weighted by molar-refractivity contribution is 5.89. The van der Waals surface area contributed by atoms with Gasteiger partial charge in [-0.1, -0.05) is 30.3 Å². The molecular weight excluding hydrogens is 326 g/mol. The zero-order valence-electron chi connectivity index (χ0n) is 14.9. The summed E-state index contributed by atoms with van der Waals surface area (Å²) in [4.78, 5) is 12.4. The van der Waals surface area contributed by atoms with Gasteiger partial charge in [-0.25, -0.2) is 5.43 Å². The van der Waals surface area contributed by atoms with Gasteiger partial charge in [0, 0.05) is 30.2 Å². The predicted molar refractivity (Wildman–Crippen MR) is 99.7 cm³/mol. The molecule has 26 heavy (non-hydrogen) atoms. The second kappa shape index (κ2) is 6.68. The third-order valence-corrected chi connectivity index (χ3v) is 6.41. The second-order valence-corrected chi connectivity index (χ2v) is 7.94. The van der Waals surface area contributed by atoms with Crippen LogP contribution in [0.15, 0.2) is 42.1 Å². The molecule has 0 aliphatic carbocycles. The minimum Gasteiger partial charge on any atom is -0.331 e. The number of carbonyl (C=O) groups excluding carboxylic acids is 1. The molecule has 4 heterocycles. The molecule has 4 aliphatic rings. The van der Waals surface area contributed by atoms with Crippen LogP contribution >= 0.6 is 0 Å². The number of nitrogens with zero attached hydrogens (tertiary/aromatic N) is 1. The molecular formula is C20H27N5O. The highest BCUT2D eigenvalue weighted by Crippen LogP contribution is 2.39. The summed E-state index contributed by atoms with van der Waals surface area (Å²) < 4.78 is 0. The van der Waals surface area contributed by atoms with E-state index >= 15 is 0 Å². The van der Waals surface area contributed by atoms with Crippen LogP contribution in [0.4, 0.5) is 0 Å². The first kappa shape index (κ1) is 16.3. The molecule has 1 amide bonds. The summed E-state index contributed by atoms with van der Waals surface area (Å²) in [7, 11) is 0. The van der Waals surface area contributed by atoms with E-state index in [0.717, 1.165) is 38.9 Å². The number of rotatable bonds is 2. The van der Waals surface area contributed by atoms with E-state index in [2.05, 4.69) is 56.7 Å². The number of amides is 1. The Morgan fingerprint density at radius 3 is 2.65 bits per heavy atom. The smallest absolute Gasteiger partial charge is 0.247 e. The van der Waals surface area contributed by atoms with Gasteiger partial charge in [-0.3, -0.25) is 15.1 Å². The minimum absolute atomic E-state index is 0.0430. The summed E-state index contributed by atoms with van der Waals surface area (Å²) in [6.45, 7) is 3.03. The van der Waals surface area contributed by atoms with Gasteiger partial charge in [-0.05, 0) is 43.8 Å². The molecule has 0 spiro atoms. The van der Waals surface area contributed by atoms with E-state index in [0.29, 0.717) is 17.8 Å². The Kier molecular flexibility index (Phi) is 4.19. The van der Waals surface area contributed by atoms with Crippen LogP contribution in [0.2, 0.25) is 0 Å². The van der Waals surface area contributed by atoms with Gasteiger partial charge in [0.25, 0.3) is 0 Å². The van der Waals surface area contributed by atoms with Crippen molar-refractivity contribution in [2.45, 2.75) is 37.5 Å². The zero-order valence-corrected chi connectivity index (χ0v) is 14.9. The lowest BCUT2D eigenvalue weighted by Gasteiger charge is -2.39. The Bertz CT molecular complexity index is 699. The molecule has 138 valence electrons. The Hall–Kier alpha value is -1.89. The molecule has 0 radical (unpaired) electrons. The van der Waals surface area contributed by atoms with Gasteiger partial charge in [0.2, 0.25) is 5.91 Å². The molecule has 4 atom stereocenters. The Morgan fingerprint density at radius 1 is 1.04 bits per heavy atom. The van der Waals surface area contributed by atoms with Crippen molar-refractivity contribution in [3.8, 4) is 0 Å². The van der Waals surface area contributed by atoms with Crippen molar-refractivity contribution in [2.24, 2.45) is 11.8 Å². The summed E-state index contributed by atoms with van der Waals surface area (Å²) >= 11 is 0. The summed E-state index contributed by atoms with van der Waals surface area (Å²) in [6.07, 6.45) is 5.35. The lowest BCUT2D eigenvalue weighted by Crippen LogP contribution is -2.54. The summed E-state index contributed by atoms with van der Waals surface area (Å²) in [5, 5.41) is 12.6. The molecule has 4 N–H and O–H groups in total. The largest absolute Gasteiger partial charge is 0.331 e. The molecule has 0 bridgehead atoms. The first-order chi connectivity index (χ1) is 12.8. The molecule has 3 saturated heterocycles. The maximum atomic E-state index is 12.4. The summed E-state index contributed by atoms with van der Waals surface area (Å²) in [5.41, 5.74) is 6.21. The lowest BCUT2D eigenvalue weighted by atomic mass is 9.82. The van der Waals surface area contributed by atoms with Crippen LogP contribution in [-0.2, 0) is 4.79 Å². The van der Waals surface area contributed by atoms with Gasteiger partial charge in [-0.15, -0.1) is 0 Å². The summed E-state index contributed by atoms with van der Waals surface area (Å²) in [5.74, 6) is 1.37. The van der Waals surface area contributed by atoms with E-state index in [9.17, 15) is 4.79 Å². The second-order valence-electron chi connectivity index (χ2n) is 7.94. The predicted octanol–water partition coefficient (Wildman–Crippen LogP) is 0.865. The van der Waals surface area contributed by atoms with E-state index in [1.807, 2.05) is 6.08 Å². The van der Waals surface area contributed by atoms with E-state index in [4.69, 9.17) is 0 Å². The van der Waals surface area contributed by atoms with Gasteiger partial charge in [0.1, 0.15) is 6.17 Å². The Morgan fingerprint density at radius 2 is 1.85 bits per heavy atom. The molecule has 5 rings (SSSR count). The molecule has 1 aromatic rings. The van der Waals surface area contributed by atoms with Gasteiger partial charge in [-0.2, -0.15) is 0 Å². The minimum atomic E-state index is 0.0430. The summed E-state index contributed by atoms with van der Waals surface area (Å²) in [6, 6.07) is 10.7. The van der Waals surface area contributed by atoms with Crippen molar-refractivity contribution in [3.05, 3.63) is 47.7 Å². The van der Waals surface area contributed by atoms with E-state index in [1.165, 1.54) is 11.3 Å². The first-order valence-electron chi connectivity index (χ1n) is 9.86. The average Bonchev–Trinajstić information content (AvgIpc) is 3.06. The van der Waals surface area contributed by atoms with Gasteiger partial charge in [0.05, 0.1) is 6.17 Å². The monoisotopic (exact) mass is 353 g/mol. The van der Waals surface area contributed by atoms with Crippen molar-refractivity contribution < 1.29 is 4.79 Å². The van der Waals surface area contributed by atoms with Gasteiger partial charge in [0.15, 0.2) is 0 Å². The molecule has 4 aliphatic heterocycles. The number of hydrogen-bond donors (Lipinski definition) is 4. The average molecular weight is 353 g/mol. The first-order valence-corrected chi connectivity index (χ1v) is 9.86. The number of hydrazine groups is 1. The van der Waals surface area contributed by atoms with E-state index in [1.54, 1.807) is 0 Å². The molecule has 6 nitrogen and oxygen atoms in total. The fourth-order valence-electron chi connectivity index (χ4n) is 5.05. The zero-order chi connectivity index (χ0) is 17.5. The molecule has 4 unspecified atom stereocenters. The lowest BCUT2D eigenvalue weighted by molar-refractivity contribution is -0.120. The quantitative estimate of drug-likeness (QED) is 0.635. The highest BCUT2D eigenvalue weighted by Gasteiger charge is 2.48. The molecule has 3 fully saturated rings. The topological polar surface area (TPSA) is 68.4 Å². The molecule has 1 aromatic carbocycles. The fourth-order valence-corrected chi connectivity index (χ4v) is 5.05. The fraction of sp³-hybridized carbons (Fsp3) is 0.550. The van der Waals surface area contributed by atoms with E-state index in [-0.39, 0.29) is 18.2 Å². The van der Waals surface area contributed by atoms with Crippen molar-refractivity contribution in [3.63, 3.8) is 0 Å². The third kappa shape index (κ3) is 2.82. The Labute approximate surface area is 154 Å². The van der Waals surface area contributed by atoms with Crippen molar-refractivity contribution in [1.82, 2.24) is 26.4 Å². The van der Waals surface area contributed by atoms with Crippen LogP contribution in [0.5, 0.6) is 0 Å². The van der Waals surface area contributed by atoms with E-state index < -0.39 is 0 Å². The van der Waals surface area contributed by atoms with Gasteiger partial charge < -0.3 is 10.6 Å². The maximum absolute atomic E-state index is 12.4. The number of nitrogens with one attached hydrogen (secondary N) is 4. The van der Waals surface area contributed by atoms with Crippen LogP contribution in [0.3, 0.4) is 0 Å². The van der Waals surface area contributed by atoms with Crippen LogP contribution in [0.1, 0.15) is 30.7 Å². The number of benzene rings is 1.